The molecule has 27 heavy (non-hydrogen) atoms. The van der Waals surface area contributed by atoms with Crippen LogP contribution in [0.25, 0.3) is 0 Å². The van der Waals surface area contributed by atoms with E-state index in [-0.39, 0.29) is 11.3 Å². The minimum Gasteiger partial charge on any atom is -0.338 e. The van der Waals surface area contributed by atoms with Gasteiger partial charge < -0.3 is 4.90 Å². The van der Waals surface area contributed by atoms with Crippen molar-refractivity contribution in [3.8, 4) is 0 Å². The molecule has 1 spiro atoms. The van der Waals surface area contributed by atoms with Gasteiger partial charge in [0, 0.05) is 49.6 Å². The number of aromatic nitrogens is 1. The molecule has 2 aromatic rings. The first-order valence-corrected chi connectivity index (χ1v) is 9.41. The molecular formula is C21H23F2N3O. The van der Waals surface area contributed by atoms with Gasteiger partial charge in [-0.25, -0.2) is 8.78 Å². The lowest BCUT2D eigenvalue weighted by Crippen LogP contribution is -2.45. The monoisotopic (exact) mass is 371 g/mol. The van der Waals surface area contributed by atoms with Crippen LogP contribution in [0.1, 0.15) is 35.2 Å². The number of benzene rings is 1. The summed E-state index contributed by atoms with van der Waals surface area (Å²) in [5.74, 6) is -1.53. The third kappa shape index (κ3) is 3.72. The number of piperidine rings is 1. The second kappa shape index (κ2) is 7.35. The van der Waals surface area contributed by atoms with Crippen LogP contribution >= 0.6 is 0 Å². The molecule has 2 fully saturated rings. The summed E-state index contributed by atoms with van der Waals surface area (Å²) in [6, 6.07) is 7.91. The molecule has 1 atom stereocenters. The zero-order valence-corrected chi connectivity index (χ0v) is 15.2. The highest BCUT2D eigenvalue weighted by Gasteiger charge is 2.42. The fourth-order valence-electron chi connectivity index (χ4n) is 4.47. The summed E-state index contributed by atoms with van der Waals surface area (Å²) in [6.45, 7) is 3.52. The van der Waals surface area contributed by atoms with Gasteiger partial charge in [-0.2, -0.15) is 0 Å². The zero-order chi connectivity index (χ0) is 18.9. The molecule has 0 radical (unpaired) electrons. The van der Waals surface area contributed by atoms with Crippen molar-refractivity contribution in [2.75, 3.05) is 26.2 Å². The Bertz CT molecular complexity index is 829. The van der Waals surface area contributed by atoms with Crippen LogP contribution < -0.4 is 0 Å². The molecular weight excluding hydrogens is 348 g/mol. The average molecular weight is 371 g/mol. The maximum absolute atomic E-state index is 14.0. The van der Waals surface area contributed by atoms with Crippen LogP contribution in [0.15, 0.2) is 42.7 Å². The molecule has 0 N–H and O–H groups in total. The van der Waals surface area contributed by atoms with Crippen molar-refractivity contribution >= 4 is 5.91 Å². The van der Waals surface area contributed by atoms with Crippen molar-refractivity contribution in [3.05, 3.63) is 65.5 Å². The molecule has 0 saturated carbocycles. The Labute approximate surface area is 157 Å². The minimum absolute atomic E-state index is 0.0215. The second-order valence-corrected chi connectivity index (χ2v) is 7.75. The molecule has 142 valence electrons. The van der Waals surface area contributed by atoms with Gasteiger partial charge in [0.1, 0.15) is 0 Å². The predicted octanol–water partition coefficient (Wildman–Crippen LogP) is 3.49. The lowest BCUT2D eigenvalue weighted by atomic mass is 9.79. The van der Waals surface area contributed by atoms with Gasteiger partial charge in [-0.05, 0) is 44.0 Å². The third-order valence-corrected chi connectivity index (χ3v) is 5.80. The van der Waals surface area contributed by atoms with Crippen molar-refractivity contribution < 1.29 is 13.6 Å². The molecule has 2 aliphatic heterocycles. The number of pyridine rings is 1. The molecule has 1 unspecified atom stereocenters. The molecule has 0 bridgehead atoms. The van der Waals surface area contributed by atoms with Crippen molar-refractivity contribution in [1.82, 2.24) is 14.8 Å². The summed E-state index contributed by atoms with van der Waals surface area (Å²) in [7, 11) is 0. The second-order valence-electron chi connectivity index (χ2n) is 7.75. The maximum Gasteiger partial charge on any atom is 0.255 e. The highest BCUT2D eigenvalue weighted by molar-refractivity contribution is 5.94. The molecule has 2 aliphatic rings. The lowest BCUT2D eigenvalue weighted by molar-refractivity contribution is 0.0672. The van der Waals surface area contributed by atoms with Crippen molar-refractivity contribution in [1.29, 1.82) is 0 Å². The minimum atomic E-state index is -0.798. The van der Waals surface area contributed by atoms with Crippen molar-refractivity contribution in [2.24, 2.45) is 5.41 Å². The summed E-state index contributed by atoms with van der Waals surface area (Å²) in [6.07, 6.45) is 6.28. The van der Waals surface area contributed by atoms with Gasteiger partial charge >= 0.3 is 0 Å². The van der Waals surface area contributed by atoms with Crippen LogP contribution in [0.2, 0.25) is 0 Å². The molecule has 1 amide bonds. The Morgan fingerprint density at radius 1 is 1.11 bits per heavy atom. The number of rotatable bonds is 3. The largest absolute Gasteiger partial charge is 0.338 e. The third-order valence-electron chi connectivity index (χ3n) is 5.80. The maximum atomic E-state index is 14.0. The number of likely N-dealkylation sites (tertiary alicyclic amines) is 2. The number of hydrogen-bond acceptors (Lipinski definition) is 3. The number of amides is 1. The molecule has 1 aromatic heterocycles. The normalized spacial score (nSPS) is 23.1. The van der Waals surface area contributed by atoms with E-state index in [0.717, 1.165) is 45.0 Å². The first-order chi connectivity index (χ1) is 13.1. The lowest BCUT2D eigenvalue weighted by Gasteiger charge is -2.40. The van der Waals surface area contributed by atoms with E-state index in [4.69, 9.17) is 0 Å². The Kier molecular flexibility index (Phi) is 4.91. The van der Waals surface area contributed by atoms with Crippen molar-refractivity contribution in [3.63, 3.8) is 0 Å². The molecule has 4 nitrogen and oxygen atoms in total. The van der Waals surface area contributed by atoms with E-state index in [2.05, 4.69) is 9.88 Å². The summed E-state index contributed by atoms with van der Waals surface area (Å²) < 4.78 is 27.5. The van der Waals surface area contributed by atoms with Gasteiger partial charge in [-0.3, -0.25) is 14.7 Å². The summed E-state index contributed by atoms with van der Waals surface area (Å²) in [4.78, 5) is 20.8. The van der Waals surface area contributed by atoms with Gasteiger partial charge in [-0.15, -0.1) is 0 Å². The standard InChI is InChI=1S/C21H23F2N3O/c22-18-6-1-4-17(19(18)23)13-25-10-3-7-21(14-25)8-11-26(15-21)20(27)16-5-2-9-24-12-16/h1-2,4-6,9,12H,3,7-8,10-11,13-15H2. The summed E-state index contributed by atoms with van der Waals surface area (Å²) >= 11 is 0. The molecule has 2 saturated heterocycles. The first kappa shape index (κ1) is 18.0. The average Bonchev–Trinajstić information content (AvgIpc) is 3.09. The van der Waals surface area contributed by atoms with Gasteiger partial charge in [0.2, 0.25) is 0 Å². The smallest absolute Gasteiger partial charge is 0.255 e. The Morgan fingerprint density at radius 2 is 2.00 bits per heavy atom. The van der Waals surface area contributed by atoms with E-state index in [1.54, 1.807) is 36.7 Å². The van der Waals surface area contributed by atoms with Gasteiger partial charge in [0.25, 0.3) is 5.91 Å². The molecule has 3 heterocycles. The molecule has 4 rings (SSSR count). The van der Waals surface area contributed by atoms with Crippen LogP contribution in [-0.4, -0.2) is 46.9 Å². The van der Waals surface area contributed by atoms with E-state index in [1.807, 2.05) is 4.90 Å². The van der Waals surface area contributed by atoms with E-state index in [1.165, 1.54) is 0 Å². The van der Waals surface area contributed by atoms with Crippen molar-refractivity contribution in [2.45, 2.75) is 25.8 Å². The van der Waals surface area contributed by atoms with Gasteiger partial charge in [0.05, 0.1) is 5.56 Å². The fraction of sp³-hybridized carbons (Fsp3) is 0.429. The summed E-state index contributed by atoms with van der Waals surface area (Å²) in [5, 5.41) is 0. The Hall–Kier alpha value is -2.34. The Balaban J connectivity index is 1.43. The van der Waals surface area contributed by atoms with E-state index in [0.29, 0.717) is 24.2 Å². The quantitative estimate of drug-likeness (QED) is 0.829. The predicted molar refractivity (Wildman–Crippen MR) is 98.1 cm³/mol. The van der Waals surface area contributed by atoms with Gasteiger partial charge in [-0.1, -0.05) is 12.1 Å². The highest BCUT2D eigenvalue weighted by atomic mass is 19.2. The van der Waals surface area contributed by atoms with Gasteiger partial charge in [0.15, 0.2) is 11.6 Å². The van der Waals surface area contributed by atoms with Crippen LogP contribution in [0.3, 0.4) is 0 Å². The van der Waals surface area contributed by atoms with Crippen LogP contribution in [0.4, 0.5) is 8.78 Å². The number of carbonyl (C=O) groups is 1. The molecule has 0 aliphatic carbocycles. The zero-order valence-electron chi connectivity index (χ0n) is 15.2. The van der Waals surface area contributed by atoms with E-state index < -0.39 is 11.6 Å². The van der Waals surface area contributed by atoms with E-state index in [9.17, 15) is 13.6 Å². The number of halogens is 2. The highest BCUT2D eigenvalue weighted by Crippen LogP contribution is 2.39. The number of carbonyl (C=O) groups excluding carboxylic acids is 1. The SMILES string of the molecule is O=C(c1cccnc1)N1CCC2(CCCN(Cc3cccc(F)c3F)C2)C1. The molecule has 6 heteroatoms. The van der Waals surface area contributed by atoms with Crippen LogP contribution in [-0.2, 0) is 6.54 Å². The number of nitrogens with zero attached hydrogens (tertiary/aromatic N) is 3. The first-order valence-electron chi connectivity index (χ1n) is 9.41. The topological polar surface area (TPSA) is 36.4 Å². The van der Waals surface area contributed by atoms with E-state index >= 15 is 0 Å². The summed E-state index contributed by atoms with van der Waals surface area (Å²) in [5.41, 5.74) is 1.05. The van der Waals surface area contributed by atoms with Crippen LogP contribution in [0.5, 0.6) is 0 Å². The molecule has 1 aromatic carbocycles. The van der Waals surface area contributed by atoms with Crippen LogP contribution in [0, 0.1) is 17.0 Å². The number of hydrogen-bond donors (Lipinski definition) is 0. The fourth-order valence-corrected chi connectivity index (χ4v) is 4.47. The Morgan fingerprint density at radius 3 is 2.81 bits per heavy atom.